The second-order valence-electron chi connectivity index (χ2n) is 22.9. The van der Waals surface area contributed by atoms with E-state index in [1.807, 2.05) is 60.7 Å². The number of carboxylic acid groups (broad SMARTS) is 2. The first-order chi connectivity index (χ1) is 45.0. The molecule has 2 heterocycles. The van der Waals surface area contributed by atoms with Gasteiger partial charge in [-0.3, -0.25) is 28.8 Å². The predicted octanol–water partition coefficient (Wildman–Crippen LogP) is 4.41. The molecule has 506 valence electrons. The first-order valence-electron chi connectivity index (χ1n) is 30.8. The Balaban J connectivity index is 0.800. The predicted molar refractivity (Wildman–Crippen MR) is 351 cm³/mol. The molecule has 25 nitrogen and oxygen atoms in total. The number of benzene rings is 5. The van der Waals surface area contributed by atoms with Crippen LogP contribution in [0.2, 0.25) is 0 Å². The molecule has 2 saturated heterocycles. The number of carboxylic acids is 2. The average molecular weight is 1340 g/mol. The molecule has 2 aliphatic rings. The van der Waals surface area contributed by atoms with E-state index in [1.165, 1.54) is 30.4 Å². The first kappa shape index (κ1) is 73.6. The van der Waals surface area contributed by atoms with Crippen LogP contribution in [-0.2, 0) is 47.7 Å². The van der Waals surface area contributed by atoms with Crippen LogP contribution in [0.25, 0.3) is 22.3 Å². The van der Waals surface area contributed by atoms with Crippen molar-refractivity contribution in [1.29, 1.82) is 0 Å². The van der Waals surface area contributed by atoms with E-state index >= 15 is 0 Å². The molecule has 94 heavy (non-hydrogen) atoms. The van der Waals surface area contributed by atoms with E-state index in [0.29, 0.717) is 46.4 Å². The van der Waals surface area contributed by atoms with Gasteiger partial charge in [0.15, 0.2) is 0 Å². The Bertz CT molecular complexity index is 3120. The van der Waals surface area contributed by atoms with Gasteiger partial charge in [0.2, 0.25) is 23.6 Å². The van der Waals surface area contributed by atoms with Crippen LogP contribution in [0.5, 0.6) is 0 Å². The fourth-order valence-corrected chi connectivity index (χ4v) is 12.5. The van der Waals surface area contributed by atoms with Gasteiger partial charge in [0.05, 0.1) is 55.0 Å². The van der Waals surface area contributed by atoms with Crippen molar-refractivity contribution >= 4 is 82.3 Å². The number of hydrogen-bond acceptors (Lipinski definition) is 19. The SMILES string of the molecule is CC(=O)N[C@H]1[C@H]([C@H](O)[C@H](O)CNC(=O)c2ccc(-c3ccccc3)cc2)O[C@@](OCCCSCCC(=O)Nc2ccccc2NC(=O)CCSCCCO[C@]2(C(=O)O)C[C@H](C)[C@@H](NC(C)=O)C([C@H](O)C(O)CNC(=O)c3ccc(-c4ccccc4)cc3)O2)(C(=O)O)C[C@@H]1O. The average Bonchev–Trinajstić information content (AvgIpc) is 0.783. The smallest absolute Gasteiger partial charge is 0.364 e. The summed E-state index contributed by atoms with van der Waals surface area (Å²) in [6, 6.07) is 36.9. The topological polar surface area (TPSA) is 387 Å². The lowest BCUT2D eigenvalue weighted by atomic mass is 9.83. The molecule has 0 aromatic heterocycles. The maximum Gasteiger partial charge on any atom is 0.364 e. The molecular weight excluding hydrogens is 1260 g/mol. The van der Waals surface area contributed by atoms with Crippen molar-refractivity contribution in [2.24, 2.45) is 5.92 Å². The number of carbonyl (C=O) groups excluding carboxylic acids is 6. The van der Waals surface area contributed by atoms with Gasteiger partial charge in [-0.2, -0.15) is 23.5 Å². The van der Waals surface area contributed by atoms with E-state index in [-0.39, 0.29) is 56.3 Å². The summed E-state index contributed by atoms with van der Waals surface area (Å²) in [4.78, 5) is 102. The third kappa shape index (κ3) is 20.8. The summed E-state index contributed by atoms with van der Waals surface area (Å²) in [5, 5.41) is 92.9. The van der Waals surface area contributed by atoms with Crippen molar-refractivity contribution < 1.29 is 93.0 Å². The summed E-state index contributed by atoms with van der Waals surface area (Å²) in [6.45, 7) is 2.80. The molecule has 0 saturated carbocycles. The zero-order chi connectivity index (χ0) is 68.0. The Morgan fingerprint density at radius 3 is 1.30 bits per heavy atom. The lowest BCUT2D eigenvalue weighted by molar-refractivity contribution is -0.310. The molecular formula is C67H82N6O19S2. The van der Waals surface area contributed by atoms with Crippen molar-refractivity contribution in [2.75, 3.05) is 59.9 Å². The fourth-order valence-electron chi connectivity index (χ4n) is 10.8. The summed E-state index contributed by atoms with van der Waals surface area (Å²) in [5.41, 5.74) is 4.95. The largest absolute Gasteiger partial charge is 0.477 e. The number of ether oxygens (including phenoxy) is 4. The van der Waals surface area contributed by atoms with E-state index in [9.17, 15) is 74.1 Å². The second-order valence-corrected chi connectivity index (χ2v) is 25.3. The number of carbonyl (C=O) groups is 8. The Labute approximate surface area is 552 Å². The van der Waals surface area contributed by atoms with Crippen molar-refractivity contribution in [2.45, 2.75) is 126 Å². The quantitative estimate of drug-likeness (QED) is 0.0254. The van der Waals surface area contributed by atoms with Gasteiger partial charge in [-0.1, -0.05) is 104 Å². The molecule has 2 unspecified atom stereocenters. The molecule has 12 atom stereocenters. The maximum atomic E-state index is 13.1. The van der Waals surface area contributed by atoms with Crippen molar-refractivity contribution in [1.82, 2.24) is 21.3 Å². The first-order valence-corrected chi connectivity index (χ1v) is 33.1. The highest BCUT2D eigenvalue weighted by Crippen LogP contribution is 2.38. The molecule has 0 radical (unpaired) electrons. The molecule has 0 aliphatic carbocycles. The van der Waals surface area contributed by atoms with Crippen LogP contribution >= 0.6 is 23.5 Å². The highest BCUT2D eigenvalue weighted by Gasteiger charge is 2.57. The monoisotopic (exact) mass is 1340 g/mol. The van der Waals surface area contributed by atoms with Crippen LogP contribution < -0.4 is 31.9 Å². The Morgan fingerprint density at radius 1 is 0.521 bits per heavy atom. The number of nitrogens with one attached hydrogen (secondary N) is 6. The molecule has 7 rings (SSSR count). The second kappa shape index (κ2) is 35.6. The Kier molecular flexibility index (Phi) is 27.9. The van der Waals surface area contributed by atoms with Crippen LogP contribution in [0.15, 0.2) is 133 Å². The van der Waals surface area contributed by atoms with Gasteiger partial charge in [-0.05, 0) is 88.9 Å². The maximum absolute atomic E-state index is 13.1. The number of anilines is 2. The van der Waals surface area contributed by atoms with Crippen molar-refractivity contribution in [3.63, 3.8) is 0 Å². The van der Waals surface area contributed by atoms with Gasteiger partial charge in [0.25, 0.3) is 23.4 Å². The number of para-hydroxylation sites is 2. The lowest BCUT2D eigenvalue weighted by Gasteiger charge is -2.47. The molecule has 0 bridgehead atoms. The number of aliphatic carboxylic acids is 2. The van der Waals surface area contributed by atoms with E-state index in [1.54, 1.807) is 79.7 Å². The minimum absolute atomic E-state index is 0.0611. The van der Waals surface area contributed by atoms with Crippen LogP contribution in [0, 0.1) is 5.92 Å². The van der Waals surface area contributed by atoms with Gasteiger partial charge in [-0.15, -0.1) is 0 Å². The third-order valence-electron chi connectivity index (χ3n) is 15.7. The highest BCUT2D eigenvalue weighted by atomic mass is 32.2. The van der Waals surface area contributed by atoms with Crippen LogP contribution in [-0.4, -0.2) is 199 Å². The lowest BCUT2D eigenvalue weighted by Crippen LogP contribution is -2.68. The van der Waals surface area contributed by atoms with Crippen molar-refractivity contribution in [3.8, 4) is 22.3 Å². The van der Waals surface area contributed by atoms with Gasteiger partial charge in [0.1, 0.15) is 24.4 Å². The Hall–Kier alpha value is -7.80. The number of rotatable bonds is 34. The molecule has 5 aromatic carbocycles. The molecule has 6 amide bonds. The van der Waals surface area contributed by atoms with Gasteiger partial charge in [-0.25, -0.2) is 9.59 Å². The minimum atomic E-state index is -2.51. The number of hydrogen-bond donors (Lipinski definition) is 13. The van der Waals surface area contributed by atoms with E-state index < -0.39 is 127 Å². The summed E-state index contributed by atoms with van der Waals surface area (Å²) < 4.78 is 23.5. The fraction of sp³-hybridized carbons (Fsp3) is 0.433. The van der Waals surface area contributed by atoms with Crippen molar-refractivity contribution in [3.05, 3.63) is 145 Å². The molecule has 27 heteroatoms. The minimum Gasteiger partial charge on any atom is -0.477 e. The van der Waals surface area contributed by atoms with E-state index in [4.69, 9.17) is 18.9 Å². The molecule has 2 aliphatic heterocycles. The molecule has 2 fully saturated rings. The van der Waals surface area contributed by atoms with Gasteiger partial charge in [0, 0.05) is 75.3 Å². The van der Waals surface area contributed by atoms with Crippen LogP contribution in [0.4, 0.5) is 11.4 Å². The Morgan fingerprint density at radius 2 is 0.894 bits per heavy atom. The van der Waals surface area contributed by atoms with Crippen LogP contribution in [0.3, 0.4) is 0 Å². The standard InChI is InChI=1S/C67H82N6O19S2/c1-40-36-66(64(85)86,91-60(56(40)70-41(2)74)58(81)52(77)38-68-62(83)47-24-20-45(21-25-47)43-14-6-4-7-15-43)89-30-12-32-93-34-28-54(79)72-49-18-10-11-19-50(49)73-55(80)29-35-94-33-13-31-90-67(65(87)88)37-51(76)57(71-42(3)75)61(92-67)59(82)53(78)39-69-63(84)48-26-22-46(23-27-48)44-16-8-5-9-17-44/h4-11,14-27,40,51-53,56-61,76-78,81-82H,12-13,28-39H2,1-3H3,(H,68,83)(H,69,84)(H,70,74)(H,71,75)(H,72,79)(H,73,80)(H,85,86)(H,87,88)/t40-,51-,52?,53+,56+,57+,58+,59+,60?,61+,66+,67+/m0/s1. The van der Waals surface area contributed by atoms with Gasteiger partial charge < -0.3 is 86.6 Å². The number of aliphatic hydroxyl groups excluding tert-OH is 5. The third-order valence-corrected chi connectivity index (χ3v) is 17.9. The van der Waals surface area contributed by atoms with E-state index in [2.05, 4.69) is 31.9 Å². The van der Waals surface area contributed by atoms with E-state index in [0.717, 1.165) is 29.2 Å². The number of aliphatic hydroxyl groups is 5. The van der Waals surface area contributed by atoms with Crippen LogP contribution in [0.1, 0.15) is 80.0 Å². The number of thioether (sulfide) groups is 2. The van der Waals surface area contributed by atoms with Gasteiger partial charge >= 0.3 is 11.9 Å². The molecule has 13 N–H and O–H groups in total. The molecule has 0 spiro atoms. The zero-order valence-corrected chi connectivity index (χ0v) is 53.9. The summed E-state index contributed by atoms with van der Waals surface area (Å²) in [7, 11) is 0. The molecule has 5 aromatic rings. The summed E-state index contributed by atoms with van der Waals surface area (Å²) in [6.07, 6.45) is -12.1. The number of amides is 6. The normalized spacial score (nSPS) is 22.3. The summed E-state index contributed by atoms with van der Waals surface area (Å²) >= 11 is 2.77. The zero-order valence-electron chi connectivity index (χ0n) is 52.2. The summed E-state index contributed by atoms with van der Waals surface area (Å²) in [5.74, 6) is -9.88. The highest BCUT2D eigenvalue weighted by molar-refractivity contribution is 7.99.